The smallest absolute Gasteiger partial charge is 0.493 e. The van der Waals surface area contributed by atoms with E-state index in [9.17, 15) is 30.7 Å². The van der Waals surface area contributed by atoms with Gasteiger partial charge in [-0.2, -0.15) is 26.3 Å². The van der Waals surface area contributed by atoms with Crippen LogP contribution in [0.4, 0.5) is 30.7 Å². The molecule has 0 aliphatic heterocycles. The molecular weight excluding hydrogens is 493 g/mol. The molecule has 1 aliphatic rings. The van der Waals surface area contributed by atoms with Gasteiger partial charge in [-0.05, 0) is 51.3 Å². The van der Waals surface area contributed by atoms with Gasteiger partial charge < -0.3 is 22.8 Å². The Morgan fingerprint density at radius 1 is 0.824 bits per heavy atom. The number of hydrogen-bond donors (Lipinski definition) is 0. The molecule has 13 heteroatoms. The van der Waals surface area contributed by atoms with E-state index < -0.39 is 43.9 Å². The molecule has 194 valence electrons. The van der Waals surface area contributed by atoms with E-state index >= 15 is 0 Å². The van der Waals surface area contributed by atoms with Gasteiger partial charge in [0.2, 0.25) is 11.6 Å². The number of alkyl halides is 6. The highest BCUT2D eigenvalue weighted by Gasteiger charge is 2.82. The van der Waals surface area contributed by atoms with Crippen molar-refractivity contribution in [3.05, 3.63) is 35.3 Å². The number of aryl methyl sites for hydroxylation is 1. The summed E-state index contributed by atoms with van der Waals surface area (Å²) >= 11 is 0. The number of ether oxygens (including phenoxy) is 2. The van der Waals surface area contributed by atoms with Crippen molar-refractivity contribution in [2.24, 2.45) is 0 Å². The van der Waals surface area contributed by atoms with Crippen molar-refractivity contribution in [2.75, 3.05) is 26.9 Å². The molecular formula is C21H27F7O5Si. The summed E-state index contributed by atoms with van der Waals surface area (Å²) in [4.78, 5) is 0. The van der Waals surface area contributed by atoms with E-state index in [2.05, 4.69) is 4.74 Å². The Labute approximate surface area is 194 Å². The minimum atomic E-state index is -5.98. The number of methoxy groups -OCH3 is 1. The third kappa shape index (κ3) is 5.21. The second-order valence-corrected chi connectivity index (χ2v) is 10.0. The average Bonchev–Trinajstić information content (AvgIpc) is 2.85. The fourth-order valence-electron chi connectivity index (χ4n) is 3.44. The Kier molecular flexibility index (Phi) is 9.05. The predicted octanol–water partition coefficient (Wildman–Crippen LogP) is 6.16. The van der Waals surface area contributed by atoms with Gasteiger partial charge in [0, 0.05) is 25.9 Å². The van der Waals surface area contributed by atoms with E-state index in [1.165, 1.54) is 12.1 Å². The van der Waals surface area contributed by atoms with Crippen LogP contribution in [0.2, 0.25) is 6.04 Å². The molecule has 0 bridgehead atoms. The van der Waals surface area contributed by atoms with Gasteiger partial charge in [-0.1, -0.05) is 6.07 Å². The van der Waals surface area contributed by atoms with Gasteiger partial charge in [0.1, 0.15) is 0 Å². The summed E-state index contributed by atoms with van der Waals surface area (Å²) in [5.74, 6) is -23.6. The van der Waals surface area contributed by atoms with Crippen LogP contribution in [0.15, 0.2) is 29.8 Å². The third-order valence-corrected chi connectivity index (χ3v) is 8.18. The summed E-state index contributed by atoms with van der Waals surface area (Å²) < 4.78 is 122. The van der Waals surface area contributed by atoms with Crippen LogP contribution in [-0.4, -0.2) is 53.5 Å². The van der Waals surface area contributed by atoms with Crippen molar-refractivity contribution < 1.29 is 53.5 Å². The molecule has 5 nitrogen and oxygen atoms in total. The molecule has 0 atom stereocenters. The molecule has 2 rings (SSSR count). The molecule has 0 amide bonds. The predicted molar refractivity (Wildman–Crippen MR) is 110 cm³/mol. The molecule has 0 aromatic heterocycles. The van der Waals surface area contributed by atoms with Crippen LogP contribution < -0.4 is 9.47 Å². The highest BCUT2D eigenvalue weighted by atomic mass is 28.4. The molecule has 0 fully saturated rings. The first-order valence-corrected chi connectivity index (χ1v) is 12.6. The number of benzene rings is 1. The largest absolute Gasteiger partial charge is 0.500 e. The van der Waals surface area contributed by atoms with Crippen molar-refractivity contribution in [3.63, 3.8) is 0 Å². The van der Waals surface area contributed by atoms with Gasteiger partial charge in [-0.3, -0.25) is 0 Å². The number of rotatable bonds is 13. The summed E-state index contributed by atoms with van der Waals surface area (Å²) in [5.41, 5.74) is 0.625. The molecule has 0 unspecified atom stereocenters. The maximum atomic E-state index is 13.9. The van der Waals surface area contributed by atoms with Crippen molar-refractivity contribution >= 4 is 8.80 Å². The Morgan fingerprint density at radius 2 is 1.38 bits per heavy atom. The lowest BCUT2D eigenvalue weighted by molar-refractivity contribution is -0.272. The molecule has 0 saturated carbocycles. The fraction of sp³-hybridized carbons (Fsp3) is 0.619. The van der Waals surface area contributed by atoms with Crippen molar-refractivity contribution in [2.45, 2.75) is 57.4 Å². The van der Waals surface area contributed by atoms with Crippen LogP contribution in [0.3, 0.4) is 0 Å². The summed E-state index contributed by atoms with van der Waals surface area (Å²) in [6.45, 7) is 6.67. The van der Waals surface area contributed by atoms with Gasteiger partial charge in [-0.15, -0.1) is 0 Å². The van der Waals surface area contributed by atoms with Crippen molar-refractivity contribution in [3.8, 4) is 11.5 Å². The maximum absolute atomic E-state index is 13.9. The number of hydrogen-bond acceptors (Lipinski definition) is 5. The monoisotopic (exact) mass is 520 g/mol. The zero-order valence-corrected chi connectivity index (χ0v) is 20.2. The summed E-state index contributed by atoms with van der Waals surface area (Å²) in [7, 11) is -1.76. The van der Waals surface area contributed by atoms with E-state index in [0.717, 1.165) is 13.2 Å². The highest BCUT2D eigenvalue weighted by Crippen LogP contribution is 2.60. The maximum Gasteiger partial charge on any atom is 0.500 e. The van der Waals surface area contributed by atoms with E-state index in [1.807, 2.05) is 20.8 Å². The lowest BCUT2D eigenvalue weighted by atomic mass is 10.1. The minimum Gasteiger partial charge on any atom is -0.493 e. The van der Waals surface area contributed by atoms with E-state index in [-0.39, 0.29) is 5.75 Å². The Morgan fingerprint density at radius 3 is 1.82 bits per heavy atom. The topological polar surface area (TPSA) is 46.2 Å². The molecule has 0 spiro atoms. The summed E-state index contributed by atoms with van der Waals surface area (Å²) in [5, 5.41) is 0. The normalized spacial score (nSPS) is 18.9. The molecule has 0 saturated heterocycles. The van der Waals surface area contributed by atoms with Gasteiger partial charge >= 0.3 is 26.6 Å². The minimum absolute atomic E-state index is 0.227. The van der Waals surface area contributed by atoms with Gasteiger partial charge in [0.15, 0.2) is 11.5 Å². The SMILES string of the molecule is CCO[Si](CCCc1ccc(OC2=C(F)C(F)(F)C(F)(F)C2(F)F)c(OC)c1)(OCC)OCC. The highest BCUT2D eigenvalue weighted by molar-refractivity contribution is 6.60. The van der Waals surface area contributed by atoms with Gasteiger partial charge in [-0.25, -0.2) is 4.39 Å². The molecule has 1 aliphatic carbocycles. The van der Waals surface area contributed by atoms with Gasteiger partial charge in [0.05, 0.1) is 7.11 Å². The fourth-order valence-corrected chi connectivity index (χ4v) is 6.05. The first-order chi connectivity index (χ1) is 15.8. The first-order valence-electron chi connectivity index (χ1n) is 10.6. The molecule has 0 radical (unpaired) electrons. The second-order valence-electron chi connectivity index (χ2n) is 7.29. The first kappa shape index (κ1) is 28.4. The molecule has 0 N–H and O–H groups in total. The van der Waals surface area contributed by atoms with Crippen molar-refractivity contribution in [1.82, 2.24) is 0 Å². The van der Waals surface area contributed by atoms with E-state index in [0.29, 0.717) is 44.3 Å². The number of allylic oxidation sites excluding steroid dienone is 2. The zero-order chi connectivity index (χ0) is 25.8. The van der Waals surface area contributed by atoms with Crippen molar-refractivity contribution in [1.29, 1.82) is 0 Å². The molecule has 1 aromatic carbocycles. The zero-order valence-electron chi connectivity index (χ0n) is 19.2. The van der Waals surface area contributed by atoms with Crippen LogP contribution in [-0.2, 0) is 19.7 Å². The second kappa shape index (κ2) is 10.8. The van der Waals surface area contributed by atoms with E-state index in [1.54, 1.807) is 0 Å². The van der Waals surface area contributed by atoms with Crippen LogP contribution in [0, 0.1) is 0 Å². The Balaban J connectivity index is 2.20. The molecule has 0 heterocycles. The van der Waals surface area contributed by atoms with Crippen LogP contribution in [0.25, 0.3) is 0 Å². The lowest BCUT2D eigenvalue weighted by Gasteiger charge is -2.28. The summed E-state index contributed by atoms with van der Waals surface area (Å²) in [6.07, 6.45) is 0.980. The number of halogens is 7. The lowest BCUT2D eigenvalue weighted by Crippen LogP contribution is -2.49. The van der Waals surface area contributed by atoms with Crippen LogP contribution >= 0.6 is 0 Å². The Bertz CT molecular complexity index is 862. The average molecular weight is 521 g/mol. The van der Waals surface area contributed by atoms with Gasteiger partial charge in [0.25, 0.3) is 0 Å². The molecule has 34 heavy (non-hydrogen) atoms. The summed E-state index contributed by atoms with van der Waals surface area (Å²) in [6, 6.07) is 4.28. The standard InChI is InChI=1S/C21H27F7O5Si/c1-5-30-34(31-6-2,32-7-3)12-8-9-14-10-11-15(16(13-14)29-4)33-18-17(22)19(23,24)21(27,28)20(18,25)26/h10-11,13H,5-9,12H2,1-4H3. The van der Waals surface area contributed by atoms with Crippen LogP contribution in [0.1, 0.15) is 32.8 Å². The molecule has 1 aromatic rings. The van der Waals surface area contributed by atoms with E-state index in [4.69, 9.17) is 18.0 Å². The quantitative estimate of drug-likeness (QED) is 0.231. The third-order valence-electron chi connectivity index (χ3n) is 5.03. The van der Waals surface area contributed by atoms with Crippen LogP contribution in [0.5, 0.6) is 11.5 Å². The Hall–Kier alpha value is -1.83.